The Kier molecular flexibility index (Phi) is 5.95. The molecule has 0 bridgehead atoms. The molecule has 20 heavy (non-hydrogen) atoms. The molecule has 110 valence electrons. The molecule has 0 spiro atoms. The monoisotopic (exact) mass is 299 g/mol. The zero-order valence-electron chi connectivity index (χ0n) is 11.3. The quantitative estimate of drug-likeness (QED) is 0.878. The number of nitrogens with one attached hydrogen (secondary N) is 1. The third kappa shape index (κ3) is 4.54. The van der Waals surface area contributed by atoms with Crippen LogP contribution < -0.4 is 5.32 Å². The van der Waals surface area contributed by atoms with Gasteiger partial charge in [0.1, 0.15) is 11.6 Å². The summed E-state index contributed by atoms with van der Waals surface area (Å²) < 4.78 is 19.2. The van der Waals surface area contributed by atoms with Crippen LogP contribution in [0.1, 0.15) is 24.8 Å². The van der Waals surface area contributed by atoms with Crippen molar-refractivity contribution in [1.82, 2.24) is 5.32 Å². The van der Waals surface area contributed by atoms with Gasteiger partial charge < -0.3 is 10.1 Å². The fourth-order valence-corrected chi connectivity index (χ4v) is 2.52. The summed E-state index contributed by atoms with van der Waals surface area (Å²) in [5.74, 6) is -0.476. The van der Waals surface area contributed by atoms with Crippen LogP contribution in [0.3, 0.4) is 0 Å². The highest BCUT2D eigenvalue weighted by atomic mass is 35.5. The van der Waals surface area contributed by atoms with Gasteiger partial charge in [0, 0.05) is 23.4 Å². The van der Waals surface area contributed by atoms with Crippen molar-refractivity contribution in [2.24, 2.45) is 0 Å². The van der Waals surface area contributed by atoms with Gasteiger partial charge in [-0.2, -0.15) is 0 Å². The average Bonchev–Trinajstić information content (AvgIpc) is 2.44. The van der Waals surface area contributed by atoms with Crippen molar-refractivity contribution >= 4 is 17.4 Å². The molecule has 1 fully saturated rings. The zero-order valence-corrected chi connectivity index (χ0v) is 12.1. The Bertz CT molecular complexity index is 441. The second kappa shape index (κ2) is 7.72. The normalized spacial score (nSPS) is 16.3. The van der Waals surface area contributed by atoms with Crippen molar-refractivity contribution in [1.29, 1.82) is 0 Å². The third-order valence-corrected chi connectivity index (χ3v) is 3.81. The average molecular weight is 300 g/mol. The van der Waals surface area contributed by atoms with E-state index < -0.39 is 5.82 Å². The van der Waals surface area contributed by atoms with Gasteiger partial charge in [-0.25, -0.2) is 4.39 Å². The molecule has 1 aliphatic heterocycles. The van der Waals surface area contributed by atoms with E-state index in [-0.39, 0.29) is 23.9 Å². The molecule has 0 saturated carbocycles. The Balaban J connectivity index is 1.75. The summed E-state index contributed by atoms with van der Waals surface area (Å²) >= 11 is 5.90. The summed E-state index contributed by atoms with van der Waals surface area (Å²) in [5.41, 5.74) is 0.279. The van der Waals surface area contributed by atoms with E-state index >= 15 is 0 Å². The van der Waals surface area contributed by atoms with Crippen LogP contribution in [0.15, 0.2) is 18.2 Å². The summed E-state index contributed by atoms with van der Waals surface area (Å²) in [6.07, 6.45) is 2.53. The first-order chi connectivity index (χ1) is 9.66. The van der Waals surface area contributed by atoms with Crippen LogP contribution in [0.5, 0.6) is 0 Å². The maximum absolute atomic E-state index is 13.5. The van der Waals surface area contributed by atoms with Crippen LogP contribution in [-0.2, 0) is 16.0 Å². The Morgan fingerprint density at radius 2 is 2.15 bits per heavy atom. The summed E-state index contributed by atoms with van der Waals surface area (Å²) in [4.78, 5) is 11.8. The minimum absolute atomic E-state index is 0.0289. The summed E-state index contributed by atoms with van der Waals surface area (Å²) in [6.45, 7) is 2.32. The molecule has 0 amide bonds. The smallest absolute Gasteiger partial charge is 0.139 e. The number of rotatable bonds is 6. The second-order valence-electron chi connectivity index (χ2n) is 4.99. The van der Waals surface area contributed by atoms with Gasteiger partial charge >= 0.3 is 0 Å². The van der Waals surface area contributed by atoms with Crippen molar-refractivity contribution in [2.45, 2.75) is 31.8 Å². The first-order valence-corrected chi connectivity index (χ1v) is 7.31. The van der Waals surface area contributed by atoms with Gasteiger partial charge in [0.25, 0.3) is 0 Å². The summed E-state index contributed by atoms with van der Waals surface area (Å²) in [5, 5.41) is 3.56. The SMILES string of the molecule is O=C(CCOC1CCNCC1)Cc1c(F)cccc1Cl. The molecular weight excluding hydrogens is 281 g/mol. The summed E-state index contributed by atoms with van der Waals surface area (Å²) in [6, 6.07) is 4.45. The number of carbonyl (C=O) groups excluding carboxylic acids is 1. The highest BCUT2D eigenvalue weighted by molar-refractivity contribution is 6.31. The standard InChI is InChI=1S/C15H19ClFNO2/c16-14-2-1-3-15(17)13(14)10-11(19)6-9-20-12-4-7-18-8-5-12/h1-3,12,18H,4-10H2. The van der Waals surface area contributed by atoms with Crippen molar-refractivity contribution in [3.8, 4) is 0 Å². The molecule has 1 N–H and O–H groups in total. The van der Waals surface area contributed by atoms with Gasteiger partial charge in [0.15, 0.2) is 0 Å². The van der Waals surface area contributed by atoms with Gasteiger partial charge in [-0.1, -0.05) is 17.7 Å². The summed E-state index contributed by atoms with van der Waals surface area (Å²) in [7, 11) is 0. The highest BCUT2D eigenvalue weighted by Gasteiger charge is 2.15. The number of piperidine rings is 1. The van der Waals surface area contributed by atoms with E-state index in [1.165, 1.54) is 12.1 Å². The predicted molar refractivity (Wildman–Crippen MR) is 76.6 cm³/mol. The van der Waals surface area contributed by atoms with Crippen molar-refractivity contribution in [3.05, 3.63) is 34.6 Å². The van der Waals surface area contributed by atoms with Crippen LogP contribution in [-0.4, -0.2) is 31.6 Å². The first-order valence-electron chi connectivity index (χ1n) is 6.93. The number of carbonyl (C=O) groups is 1. The Morgan fingerprint density at radius 1 is 1.40 bits per heavy atom. The van der Waals surface area contributed by atoms with Crippen LogP contribution in [0, 0.1) is 5.82 Å². The fourth-order valence-electron chi connectivity index (χ4n) is 2.29. The number of benzene rings is 1. The lowest BCUT2D eigenvalue weighted by Gasteiger charge is -2.22. The maximum Gasteiger partial charge on any atom is 0.139 e. The molecule has 1 aliphatic rings. The van der Waals surface area contributed by atoms with Crippen LogP contribution in [0.25, 0.3) is 0 Å². The molecule has 0 atom stereocenters. The molecule has 5 heteroatoms. The van der Waals surface area contributed by atoms with Crippen molar-refractivity contribution in [2.75, 3.05) is 19.7 Å². The lowest BCUT2D eigenvalue weighted by Crippen LogP contribution is -2.32. The van der Waals surface area contributed by atoms with E-state index in [1.807, 2.05) is 0 Å². The predicted octanol–water partition coefficient (Wildman–Crippen LogP) is 2.75. The van der Waals surface area contributed by atoms with Crippen LogP contribution >= 0.6 is 11.6 Å². The highest BCUT2D eigenvalue weighted by Crippen LogP contribution is 2.20. The second-order valence-corrected chi connectivity index (χ2v) is 5.39. The van der Waals surface area contributed by atoms with E-state index in [1.54, 1.807) is 6.07 Å². The number of Topliss-reactive ketones (excluding diaryl/α,β-unsaturated/α-hetero) is 1. The molecule has 1 aromatic rings. The largest absolute Gasteiger partial charge is 0.378 e. The molecule has 1 heterocycles. The third-order valence-electron chi connectivity index (χ3n) is 3.46. The van der Waals surface area contributed by atoms with Gasteiger partial charge in [-0.15, -0.1) is 0 Å². The Morgan fingerprint density at radius 3 is 2.85 bits per heavy atom. The van der Waals surface area contributed by atoms with E-state index in [0.717, 1.165) is 25.9 Å². The number of hydrogen-bond acceptors (Lipinski definition) is 3. The Hall–Kier alpha value is -0.970. The fraction of sp³-hybridized carbons (Fsp3) is 0.533. The van der Waals surface area contributed by atoms with Crippen LogP contribution in [0.4, 0.5) is 4.39 Å². The minimum Gasteiger partial charge on any atom is -0.378 e. The number of hydrogen-bond donors (Lipinski definition) is 1. The van der Waals surface area contributed by atoms with Crippen molar-refractivity contribution in [3.63, 3.8) is 0 Å². The molecule has 0 aromatic heterocycles. The van der Waals surface area contributed by atoms with E-state index in [0.29, 0.717) is 18.1 Å². The molecular formula is C15H19ClFNO2. The first kappa shape index (κ1) is 15.4. The topological polar surface area (TPSA) is 38.3 Å². The van der Waals surface area contributed by atoms with E-state index in [4.69, 9.17) is 16.3 Å². The molecule has 2 rings (SSSR count). The molecule has 0 aliphatic carbocycles. The zero-order chi connectivity index (χ0) is 14.4. The lowest BCUT2D eigenvalue weighted by atomic mass is 10.1. The van der Waals surface area contributed by atoms with E-state index in [9.17, 15) is 9.18 Å². The number of ether oxygens (including phenoxy) is 1. The maximum atomic E-state index is 13.5. The number of halogens is 2. The van der Waals surface area contributed by atoms with E-state index in [2.05, 4.69) is 5.32 Å². The van der Waals surface area contributed by atoms with Crippen molar-refractivity contribution < 1.29 is 13.9 Å². The van der Waals surface area contributed by atoms with Crippen LogP contribution in [0.2, 0.25) is 5.02 Å². The molecule has 0 unspecified atom stereocenters. The molecule has 0 radical (unpaired) electrons. The lowest BCUT2D eigenvalue weighted by molar-refractivity contribution is -0.120. The van der Waals surface area contributed by atoms with Gasteiger partial charge in [0.2, 0.25) is 0 Å². The molecule has 1 saturated heterocycles. The minimum atomic E-state index is -0.426. The van der Waals surface area contributed by atoms with Gasteiger partial charge in [0.05, 0.1) is 12.7 Å². The van der Waals surface area contributed by atoms with Gasteiger partial charge in [-0.05, 0) is 38.1 Å². The molecule has 1 aromatic carbocycles. The number of ketones is 1. The van der Waals surface area contributed by atoms with Gasteiger partial charge in [-0.3, -0.25) is 4.79 Å². The Labute approximate surface area is 123 Å². The molecule has 3 nitrogen and oxygen atoms in total.